The molecule has 1 aliphatic rings. The van der Waals surface area contributed by atoms with Gasteiger partial charge in [-0.3, -0.25) is 9.67 Å². The summed E-state index contributed by atoms with van der Waals surface area (Å²) in [6.07, 6.45) is 2.29. The summed E-state index contributed by atoms with van der Waals surface area (Å²) in [6, 6.07) is 10.4. The van der Waals surface area contributed by atoms with Gasteiger partial charge in [-0.25, -0.2) is 4.79 Å². The summed E-state index contributed by atoms with van der Waals surface area (Å²) >= 11 is 0. The number of piperidine rings is 1. The Hall–Kier alpha value is -4.12. The molecule has 1 fully saturated rings. The van der Waals surface area contributed by atoms with E-state index < -0.39 is 17.8 Å². The number of amides is 2. The van der Waals surface area contributed by atoms with Crippen LogP contribution >= 0.6 is 0 Å². The van der Waals surface area contributed by atoms with Gasteiger partial charge >= 0.3 is 12.2 Å². The van der Waals surface area contributed by atoms with Gasteiger partial charge < -0.3 is 20.4 Å². The van der Waals surface area contributed by atoms with Crippen molar-refractivity contribution in [3.8, 4) is 11.1 Å². The van der Waals surface area contributed by atoms with Gasteiger partial charge in [0.2, 0.25) is 0 Å². The second-order valence-corrected chi connectivity index (χ2v) is 9.92. The third kappa shape index (κ3) is 5.68. The third-order valence-electron chi connectivity index (χ3n) is 7.30. The second-order valence-electron chi connectivity index (χ2n) is 9.92. The fourth-order valence-electron chi connectivity index (χ4n) is 5.04. The number of halogens is 3. The molecule has 39 heavy (non-hydrogen) atoms. The number of hydrogen-bond acceptors (Lipinski definition) is 5. The highest BCUT2D eigenvalue weighted by atomic mass is 19.4. The minimum absolute atomic E-state index is 0.0216. The van der Waals surface area contributed by atoms with Crippen molar-refractivity contribution < 1.29 is 18.0 Å². The van der Waals surface area contributed by atoms with Crippen LogP contribution in [-0.2, 0) is 13.2 Å². The van der Waals surface area contributed by atoms with Crippen LogP contribution in [-0.4, -0.2) is 58.9 Å². The van der Waals surface area contributed by atoms with Crippen LogP contribution < -0.4 is 15.5 Å². The topological polar surface area (TPSA) is 78.3 Å². The zero-order valence-corrected chi connectivity index (χ0v) is 22.0. The van der Waals surface area contributed by atoms with Crippen molar-refractivity contribution in [2.75, 3.05) is 42.7 Å². The van der Waals surface area contributed by atoms with E-state index in [-0.39, 0.29) is 17.4 Å². The predicted molar refractivity (Wildman–Crippen MR) is 147 cm³/mol. The number of rotatable bonds is 5. The number of urea groups is 1. The van der Waals surface area contributed by atoms with Gasteiger partial charge in [-0.2, -0.15) is 18.3 Å². The van der Waals surface area contributed by atoms with Gasteiger partial charge in [-0.05, 0) is 68.9 Å². The highest BCUT2D eigenvalue weighted by Crippen LogP contribution is 2.39. The molecule has 2 N–H and O–H groups in total. The number of carbonyl (C=O) groups is 1. The highest BCUT2D eigenvalue weighted by Gasteiger charge is 2.36. The smallest absolute Gasteiger partial charge is 0.371 e. The van der Waals surface area contributed by atoms with Crippen molar-refractivity contribution in [1.29, 1.82) is 0 Å². The number of nitrogens with one attached hydrogen (secondary N) is 2. The van der Waals surface area contributed by atoms with Crippen LogP contribution in [0.15, 0.2) is 61.1 Å². The van der Waals surface area contributed by atoms with Crippen LogP contribution in [0.5, 0.6) is 0 Å². The van der Waals surface area contributed by atoms with E-state index in [1.165, 1.54) is 12.1 Å². The first-order valence-electron chi connectivity index (χ1n) is 12.7. The van der Waals surface area contributed by atoms with Crippen LogP contribution in [0.25, 0.3) is 22.0 Å². The molecule has 204 valence electrons. The Morgan fingerprint density at radius 2 is 1.64 bits per heavy atom. The number of pyridine rings is 1. The summed E-state index contributed by atoms with van der Waals surface area (Å²) in [5, 5.41) is 10.4. The van der Waals surface area contributed by atoms with E-state index >= 15 is 0 Å². The molecule has 0 spiro atoms. The van der Waals surface area contributed by atoms with E-state index in [1.54, 1.807) is 47.4 Å². The van der Waals surface area contributed by atoms with Crippen LogP contribution in [0.1, 0.15) is 18.4 Å². The number of alkyl halides is 3. The van der Waals surface area contributed by atoms with E-state index in [1.807, 2.05) is 26.2 Å². The molecule has 3 heterocycles. The Morgan fingerprint density at radius 3 is 2.33 bits per heavy atom. The van der Waals surface area contributed by atoms with Crippen LogP contribution in [0.2, 0.25) is 0 Å². The van der Waals surface area contributed by atoms with Gasteiger partial charge in [-0.1, -0.05) is 12.1 Å². The third-order valence-corrected chi connectivity index (χ3v) is 7.30. The lowest BCUT2D eigenvalue weighted by Crippen LogP contribution is -2.42. The maximum atomic E-state index is 14.0. The summed E-state index contributed by atoms with van der Waals surface area (Å²) in [7, 11) is 5.56. The lowest BCUT2D eigenvalue weighted by Gasteiger charge is -2.37. The van der Waals surface area contributed by atoms with Crippen molar-refractivity contribution in [3.63, 3.8) is 0 Å². The molecule has 5 rings (SSSR count). The zero-order chi connectivity index (χ0) is 27.7. The number of nitrogens with zero attached hydrogens (tertiary/aromatic N) is 5. The summed E-state index contributed by atoms with van der Waals surface area (Å²) in [6.45, 7) is 1.68. The zero-order valence-electron chi connectivity index (χ0n) is 22.0. The minimum atomic E-state index is -4.56. The van der Waals surface area contributed by atoms with Gasteiger partial charge in [0.15, 0.2) is 0 Å². The number of aromatic nitrogens is 3. The number of carbonyl (C=O) groups excluding carboxylic acids is 1. The van der Waals surface area contributed by atoms with Crippen molar-refractivity contribution >= 4 is 34.0 Å². The lowest BCUT2D eigenvalue weighted by molar-refractivity contribution is -0.137. The number of hydrogen-bond donors (Lipinski definition) is 2. The van der Waals surface area contributed by atoms with Crippen molar-refractivity contribution in [2.45, 2.75) is 25.1 Å². The first kappa shape index (κ1) is 26.5. The van der Waals surface area contributed by atoms with E-state index in [9.17, 15) is 18.0 Å². The fourth-order valence-corrected chi connectivity index (χ4v) is 5.04. The fraction of sp³-hybridized carbons (Fsp3) is 0.321. The standard InChI is InChI=1S/C28H30F3N7O/c1-36-12-10-21(11-13-36)37(2)25-9-8-20(14-24(25)28(29,30)31)35-27(39)34-19-6-4-18(5-7-19)22-15-32-17-26-23(22)16-33-38(26)3/h4-9,14-17,21H,10-13H2,1-3H3,(H2,34,35,39). The molecule has 0 bridgehead atoms. The Morgan fingerprint density at radius 1 is 0.974 bits per heavy atom. The van der Waals surface area contributed by atoms with Gasteiger partial charge in [-0.15, -0.1) is 0 Å². The molecule has 1 aliphatic heterocycles. The monoisotopic (exact) mass is 537 g/mol. The van der Waals surface area contributed by atoms with Crippen LogP contribution in [0.3, 0.4) is 0 Å². The van der Waals surface area contributed by atoms with Crippen molar-refractivity contribution in [1.82, 2.24) is 19.7 Å². The average Bonchev–Trinajstić information content (AvgIpc) is 3.29. The second kappa shape index (κ2) is 10.6. The molecule has 4 aromatic rings. The summed E-state index contributed by atoms with van der Waals surface area (Å²) in [4.78, 5) is 20.8. The molecule has 2 amide bonds. The summed E-state index contributed by atoms with van der Waals surface area (Å²) < 4.78 is 43.8. The average molecular weight is 538 g/mol. The Kier molecular flexibility index (Phi) is 7.17. The largest absolute Gasteiger partial charge is 0.418 e. The molecule has 1 saturated heterocycles. The van der Waals surface area contributed by atoms with Gasteiger partial charge in [0, 0.05) is 54.3 Å². The molecule has 0 radical (unpaired) electrons. The lowest BCUT2D eigenvalue weighted by atomic mass is 10.0. The maximum absolute atomic E-state index is 14.0. The van der Waals surface area contributed by atoms with E-state index in [0.717, 1.165) is 54.0 Å². The highest BCUT2D eigenvalue weighted by molar-refractivity contribution is 6.00. The first-order chi connectivity index (χ1) is 18.6. The molecular formula is C28H30F3N7O. The predicted octanol–water partition coefficient (Wildman–Crippen LogP) is 5.83. The quantitative estimate of drug-likeness (QED) is 0.335. The van der Waals surface area contributed by atoms with E-state index in [2.05, 4.69) is 25.6 Å². The number of likely N-dealkylation sites (tertiary alicyclic amines) is 1. The van der Waals surface area contributed by atoms with E-state index in [0.29, 0.717) is 5.69 Å². The molecule has 2 aromatic carbocycles. The van der Waals surface area contributed by atoms with Crippen molar-refractivity contribution in [3.05, 3.63) is 66.6 Å². The molecular weight excluding hydrogens is 507 g/mol. The summed E-state index contributed by atoms with van der Waals surface area (Å²) in [5.41, 5.74) is 2.59. The number of benzene rings is 2. The molecule has 2 aromatic heterocycles. The Bertz CT molecular complexity index is 1480. The molecule has 0 atom stereocenters. The number of fused-ring (bicyclic) bond motifs is 1. The van der Waals surface area contributed by atoms with E-state index in [4.69, 9.17) is 0 Å². The first-order valence-corrected chi connectivity index (χ1v) is 12.7. The van der Waals surface area contributed by atoms with Gasteiger partial charge in [0.25, 0.3) is 0 Å². The van der Waals surface area contributed by atoms with Crippen LogP contribution in [0.4, 0.5) is 35.0 Å². The molecule has 0 aliphatic carbocycles. The molecule has 11 heteroatoms. The van der Waals surface area contributed by atoms with Crippen LogP contribution in [0, 0.1) is 0 Å². The number of anilines is 3. The molecule has 0 saturated carbocycles. The van der Waals surface area contributed by atoms with Gasteiger partial charge in [0.1, 0.15) is 0 Å². The van der Waals surface area contributed by atoms with Crippen molar-refractivity contribution in [2.24, 2.45) is 7.05 Å². The Labute approximate surface area is 224 Å². The maximum Gasteiger partial charge on any atom is 0.418 e. The minimum Gasteiger partial charge on any atom is -0.371 e. The summed E-state index contributed by atoms with van der Waals surface area (Å²) in [5.74, 6) is 0. The SMILES string of the molecule is CN1CCC(N(C)c2ccc(NC(=O)Nc3ccc(-c4cncc5c4cnn5C)cc3)cc2C(F)(F)F)CC1. The number of aryl methyl sites for hydroxylation is 1. The molecule has 8 nitrogen and oxygen atoms in total. The van der Waals surface area contributed by atoms with Gasteiger partial charge in [0.05, 0.1) is 23.5 Å². The normalized spacial score (nSPS) is 14.9. The Balaban J connectivity index is 1.29. The molecule has 0 unspecified atom stereocenters.